The smallest absolute Gasteiger partial charge is 0.129 e. The van der Waals surface area contributed by atoms with E-state index in [4.69, 9.17) is 0 Å². The molecule has 0 rings (SSSR count). The summed E-state index contributed by atoms with van der Waals surface area (Å²) >= 11 is 4.25. The summed E-state index contributed by atoms with van der Waals surface area (Å²) in [5, 5.41) is 0. The van der Waals surface area contributed by atoms with Crippen molar-refractivity contribution in [3.8, 4) is 0 Å². The van der Waals surface area contributed by atoms with E-state index >= 15 is 0 Å². The van der Waals surface area contributed by atoms with Gasteiger partial charge in [-0.2, -0.15) is 12.6 Å². The number of carbonyl (C=O) groups excluding carboxylic acids is 1. The van der Waals surface area contributed by atoms with Crippen LogP contribution in [0.5, 0.6) is 0 Å². The van der Waals surface area contributed by atoms with E-state index < -0.39 is 0 Å². The quantitative estimate of drug-likeness (QED) is 0.173. The highest BCUT2D eigenvalue weighted by Crippen LogP contribution is 2.14. The Morgan fingerprint density at radius 3 is 1.00 bits per heavy atom. The molecule has 24 heavy (non-hydrogen) atoms. The van der Waals surface area contributed by atoms with Crippen LogP contribution in [0.25, 0.3) is 0 Å². The van der Waals surface area contributed by atoms with Crippen molar-refractivity contribution in [2.75, 3.05) is 5.75 Å². The maximum Gasteiger partial charge on any atom is 0.129 e. The second-order valence-electron chi connectivity index (χ2n) is 7.54. The van der Waals surface area contributed by atoms with E-state index in [0.717, 1.165) is 18.6 Å². The zero-order chi connectivity index (χ0) is 17.7. The van der Waals surface area contributed by atoms with E-state index in [0.29, 0.717) is 5.78 Å². The van der Waals surface area contributed by atoms with Crippen LogP contribution in [0.1, 0.15) is 129 Å². The van der Waals surface area contributed by atoms with Crippen molar-refractivity contribution in [3.63, 3.8) is 0 Å². The third-order valence-corrected chi connectivity index (χ3v) is 5.25. The summed E-state index contributed by atoms with van der Waals surface area (Å²) in [6.45, 7) is 1.70. The van der Waals surface area contributed by atoms with Gasteiger partial charge in [0.25, 0.3) is 0 Å². The van der Waals surface area contributed by atoms with Crippen LogP contribution in [0.15, 0.2) is 0 Å². The van der Waals surface area contributed by atoms with Gasteiger partial charge in [-0.25, -0.2) is 0 Å². The molecule has 0 radical (unpaired) electrons. The van der Waals surface area contributed by atoms with Crippen LogP contribution in [0.2, 0.25) is 0 Å². The molecule has 0 fully saturated rings. The lowest BCUT2D eigenvalue weighted by atomic mass is 10.0. The van der Waals surface area contributed by atoms with Gasteiger partial charge < -0.3 is 4.79 Å². The highest BCUT2D eigenvalue weighted by molar-refractivity contribution is 7.80. The summed E-state index contributed by atoms with van der Waals surface area (Å²) < 4.78 is 0. The van der Waals surface area contributed by atoms with Crippen LogP contribution in [-0.2, 0) is 4.79 Å². The van der Waals surface area contributed by atoms with Crippen molar-refractivity contribution in [1.29, 1.82) is 0 Å². The number of hydrogen-bond donors (Lipinski definition) is 1. The van der Waals surface area contributed by atoms with E-state index in [1.54, 1.807) is 6.92 Å². The summed E-state index contributed by atoms with van der Waals surface area (Å²) in [6, 6.07) is 0. The maximum atomic E-state index is 10.8. The molecule has 0 bridgehead atoms. The molecule has 0 saturated carbocycles. The first kappa shape index (κ1) is 24.0. The van der Waals surface area contributed by atoms with Crippen LogP contribution in [0.3, 0.4) is 0 Å². The largest absolute Gasteiger partial charge is 0.300 e. The molecule has 0 amide bonds. The molecule has 0 aliphatic carbocycles. The molecular weight excluding hydrogens is 312 g/mol. The average Bonchev–Trinajstić information content (AvgIpc) is 2.56. The van der Waals surface area contributed by atoms with Gasteiger partial charge in [0.05, 0.1) is 0 Å². The van der Waals surface area contributed by atoms with Crippen molar-refractivity contribution in [3.05, 3.63) is 0 Å². The van der Waals surface area contributed by atoms with Gasteiger partial charge in [0.2, 0.25) is 0 Å². The van der Waals surface area contributed by atoms with Gasteiger partial charge in [-0.3, -0.25) is 0 Å². The summed E-state index contributed by atoms with van der Waals surface area (Å²) in [4.78, 5) is 10.8. The molecule has 2 heteroatoms. The van der Waals surface area contributed by atoms with Gasteiger partial charge >= 0.3 is 0 Å². The normalized spacial score (nSPS) is 11.1. The van der Waals surface area contributed by atoms with Gasteiger partial charge in [0.1, 0.15) is 5.78 Å². The van der Waals surface area contributed by atoms with Crippen molar-refractivity contribution < 1.29 is 4.79 Å². The molecule has 0 aliphatic heterocycles. The zero-order valence-corrected chi connectivity index (χ0v) is 17.4. The topological polar surface area (TPSA) is 17.1 Å². The highest BCUT2D eigenvalue weighted by Gasteiger charge is 1.96. The van der Waals surface area contributed by atoms with Crippen LogP contribution < -0.4 is 0 Å². The van der Waals surface area contributed by atoms with Crippen LogP contribution in [0.4, 0.5) is 0 Å². The highest BCUT2D eigenvalue weighted by atomic mass is 32.1. The fourth-order valence-electron chi connectivity index (χ4n) is 3.31. The molecule has 0 N–H and O–H groups in total. The Bertz CT molecular complexity index is 252. The minimum absolute atomic E-state index is 0.347. The predicted octanol–water partition coefficient (Wildman–Crippen LogP) is 7.92. The summed E-state index contributed by atoms with van der Waals surface area (Å²) in [5.41, 5.74) is 0. The van der Waals surface area contributed by atoms with Gasteiger partial charge in [-0.15, -0.1) is 0 Å². The summed E-state index contributed by atoms with van der Waals surface area (Å²) in [6.07, 6.45) is 25.7. The predicted molar refractivity (Wildman–Crippen MR) is 112 cm³/mol. The van der Waals surface area contributed by atoms with Crippen LogP contribution in [0, 0.1) is 0 Å². The monoisotopic (exact) mass is 356 g/mol. The van der Waals surface area contributed by atoms with E-state index in [-0.39, 0.29) is 0 Å². The molecule has 0 unspecified atom stereocenters. The Labute approximate surface area is 158 Å². The Balaban J connectivity index is 2.97. The standard InChI is InChI=1S/C22H44OS/c1-22(23)20-18-16-14-12-10-8-6-4-2-3-5-7-9-11-13-15-17-19-21-24/h24H,2-21H2,1H3. The van der Waals surface area contributed by atoms with Crippen molar-refractivity contribution in [2.24, 2.45) is 0 Å². The van der Waals surface area contributed by atoms with E-state index in [2.05, 4.69) is 12.6 Å². The van der Waals surface area contributed by atoms with Gasteiger partial charge in [0.15, 0.2) is 0 Å². The first-order chi connectivity index (χ1) is 11.8. The molecule has 0 atom stereocenters. The average molecular weight is 357 g/mol. The number of rotatable bonds is 20. The first-order valence-electron chi connectivity index (χ1n) is 10.9. The van der Waals surface area contributed by atoms with Crippen molar-refractivity contribution in [2.45, 2.75) is 129 Å². The minimum Gasteiger partial charge on any atom is -0.300 e. The van der Waals surface area contributed by atoms with E-state index in [9.17, 15) is 4.79 Å². The van der Waals surface area contributed by atoms with Crippen LogP contribution in [-0.4, -0.2) is 11.5 Å². The fraction of sp³-hybridized carbons (Fsp3) is 0.955. The van der Waals surface area contributed by atoms with Crippen molar-refractivity contribution in [1.82, 2.24) is 0 Å². The van der Waals surface area contributed by atoms with Gasteiger partial charge in [0, 0.05) is 6.42 Å². The molecule has 0 saturated heterocycles. The van der Waals surface area contributed by atoms with Crippen LogP contribution >= 0.6 is 12.6 Å². The number of carbonyl (C=O) groups is 1. The van der Waals surface area contributed by atoms with E-state index in [1.165, 1.54) is 109 Å². The van der Waals surface area contributed by atoms with Crippen molar-refractivity contribution >= 4 is 18.4 Å². The second-order valence-corrected chi connectivity index (χ2v) is 7.99. The SMILES string of the molecule is CC(=O)CCCCCCCCCCCCCCCCCCCCS. The number of unbranched alkanes of at least 4 members (excludes halogenated alkanes) is 17. The molecule has 0 aromatic carbocycles. The molecule has 144 valence electrons. The fourth-order valence-corrected chi connectivity index (χ4v) is 3.54. The summed E-state index contributed by atoms with van der Waals surface area (Å²) in [5.74, 6) is 1.40. The Morgan fingerprint density at radius 1 is 0.500 bits per heavy atom. The molecule has 0 spiro atoms. The zero-order valence-electron chi connectivity index (χ0n) is 16.5. The first-order valence-corrected chi connectivity index (χ1v) is 11.5. The number of thiol groups is 1. The minimum atomic E-state index is 0.347. The molecule has 0 aromatic rings. The second kappa shape index (κ2) is 21.1. The third kappa shape index (κ3) is 22.0. The lowest BCUT2D eigenvalue weighted by Gasteiger charge is -2.03. The Kier molecular flexibility index (Phi) is 21.1. The molecule has 0 aliphatic rings. The molecule has 0 heterocycles. The molecule has 1 nitrogen and oxygen atoms in total. The summed E-state index contributed by atoms with van der Waals surface area (Å²) in [7, 11) is 0. The number of hydrogen-bond acceptors (Lipinski definition) is 2. The number of Topliss-reactive ketones (excluding diaryl/α,β-unsaturated/α-hetero) is 1. The maximum absolute atomic E-state index is 10.8. The third-order valence-electron chi connectivity index (χ3n) is 4.94. The Hall–Kier alpha value is 0.0200. The lowest BCUT2D eigenvalue weighted by Crippen LogP contribution is -1.89. The molecular formula is C22H44OS. The van der Waals surface area contributed by atoms with E-state index in [1.807, 2.05) is 0 Å². The Morgan fingerprint density at radius 2 is 0.750 bits per heavy atom. The lowest BCUT2D eigenvalue weighted by molar-refractivity contribution is -0.117. The molecule has 0 aromatic heterocycles. The number of ketones is 1. The van der Waals surface area contributed by atoms with Gasteiger partial charge in [-0.05, 0) is 25.5 Å². The van der Waals surface area contributed by atoms with Gasteiger partial charge in [-0.1, -0.05) is 103 Å².